The number of ether oxygens (including phenoxy) is 1. The fourth-order valence-corrected chi connectivity index (χ4v) is 1.54. The Morgan fingerprint density at radius 2 is 2.06 bits per heavy atom. The van der Waals surface area contributed by atoms with Gasteiger partial charge in [0.25, 0.3) is 5.91 Å². The van der Waals surface area contributed by atoms with Crippen LogP contribution in [0.3, 0.4) is 0 Å². The lowest BCUT2D eigenvalue weighted by atomic mass is 10.1. The molecule has 0 aliphatic carbocycles. The highest BCUT2D eigenvalue weighted by Gasteiger charge is 2.24. The summed E-state index contributed by atoms with van der Waals surface area (Å²) in [5.41, 5.74) is 0.275. The van der Waals surface area contributed by atoms with E-state index in [0.29, 0.717) is 10.8 Å². The number of hydrogen-bond acceptors (Lipinski definition) is 3. The molecule has 18 heavy (non-hydrogen) atoms. The lowest BCUT2D eigenvalue weighted by Crippen LogP contribution is -2.40. The molecule has 0 heterocycles. The molecule has 0 saturated heterocycles. The Bertz CT molecular complexity index is 475. The number of likely N-dealkylation sites (N-methyl/N-ethyl adjacent to an activating group) is 1. The predicted molar refractivity (Wildman–Crippen MR) is 67.2 cm³/mol. The van der Waals surface area contributed by atoms with E-state index in [-0.39, 0.29) is 5.56 Å². The van der Waals surface area contributed by atoms with Crippen LogP contribution in [-0.2, 0) is 4.79 Å². The zero-order chi connectivity index (χ0) is 13.9. The van der Waals surface area contributed by atoms with Gasteiger partial charge in [0.2, 0.25) is 0 Å². The summed E-state index contributed by atoms with van der Waals surface area (Å²) in [6.45, 7) is 1.43. The van der Waals surface area contributed by atoms with Gasteiger partial charge in [0.1, 0.15) is 11.8 Å². The molecule has 1 rings (SSSR count). The first-order valence-electron chi connectivity index (χ1n) is 5.22. The minimum Gasteiger partial charge on any atom is -0.496 e. The highest BCUT2D eigenvalue weighted by Crippen LogP contribution is 2.24. The Balaban J connectivity index is 3.07. The average molecular weight is 272 g/mol. The number of carboxylic acids is 1. The normalized spacial score (nSPS) is 11.8. The van der Waals surface area contributed by atoms with Crippen molar-refractivity contribution in [1.29, 1.82) is 0 Å². The molecule has 0 spiro atoms. The topological polar surface area (TPSA) is 66.8 Å². The van der Waals surface area contributed by atoms with Crippen LogP contribution in [0.2, 0.25) is 5.02 Å². The summed E-state index contributed by atoms with van der Waals surface area (Å²) in [7, 11) is 2.85. The van der Waals surface area contributed by atoms with E-state index in [1.165, 1.54) is 33.2 Å². The van der Waals surface area contributed by atoms with Gasteiger partial charge in [-0.15, -0.1) is 0 Å². The Hall–Kier alpha value is -1.75. The number of rotatable bonds is 4. The maximum Gasteiger partial charge on any atom is 0.326 e. The third-order valence-corrected chi connectivity index (χ3v) is 2.89. The zero-order valence-corrected chi connectivity index (χ0v) is 11.1. The zero-order valence-electron chi connectivity index (χ0n) is 10.3. The maximum atomic E-state index is 12.1. The molecule has 1 unspecified atom stereocenters. The summed E-state index contributed by atoms with van der Waals surface area (Å²) in [4.78, 5) is 24.1. The second-order valence-electron chi connectivity index (χ2n) is 3.77. The summed E-state index contributed by atoms with van der Waals surface area (Å²) in [5.74, 6) is -1.19. The lowest BCUT2D eigenvalue weighted by Gasteiger charge is -2.22. The molecule has 6 heteroatoms. The first-order valence-corrected chi connectivity index (χ1v) is 5.59. The Kier molecular flexibility index (Phi) is 4.55. The molecule has 0 fully saturated rings. The lowest BCUT2D eigenvalue weighted by molar-refractivity contribution is -0.141. The molecule has 5 nitrogen and oxygen atoms in total. The van der Waals surface area contributed by atoms with Crippen LogP contribution in [0.5, 0.6) is 5.75 Å². The number of aliphatic carboxylic acids is 1. The van der Waals surface area contributed by atoms with Gasteiger partial charge in [0.05, 0.1) is 12.7 Å². The van der Waals surface area contributed by atoms with Crippen molar-refractivity contribution in [3.8, 4) is 5.75 Å². The molecule has 0 radical (unpaired) electrons. The first kappa shape index (κ1) is 14.3. The molecule has 1 aromatic rings. The van der Waals surface area contributed by atoms with E-state index in [9.17, 15) is 9.59 Å². The first-order chi connectivity index (χ1) is 8.38. The van der Waals surface area contributed by atoms with Crippen molar-refractivity contribution in [1.82, 2.24) is 4.90 Å². The van der Waals surface area contributed by atoms with E-state index in [4.69, 9.17) is 21.4 Å². The number of amides is 1. The fourth-order valence-electron chi connectivity index (χ4n) is 1.37. The van der Waals surface area contributed by atoms with Crippen LogP contribution in [0.15, 0.2) is 18.2 Å². The van der Waals surface area contributed by atoms with E-state index in [0.717, 1.165) is 4.90 Å². The van der Waals surface area contributed by atoms with Crippen molar-refractivity contribution in [2.45, 2.75) is 13.0 Å². The van der Waals surface area contributed by atoms with Crippen LogP contribution in [0, 0.1) is 0 Å². The molecule has 0 saturated carbocycles. The summed E-state index contributed by atoms with van der Waals surface area (Å²) in [5, 5.41) is 9.31. The van der Waals surface area contributed by atoms with E-state index < -0.39 is 17.9 Å². The van der Waals surface area contributed by atoms with Gasteiger partial charge < -0.3 is 14.7 Å². The highest BCUT2D eigenvalue weighted by atomic mass is 35.5. The quantitative estimate of drug-likeness (QED) is 0.908. The number of carbonyl (C=O) groups is 2. The monoisotopic (exact) mass is 271 g/mol. The van der Waals surface area contributed by atoms with Crippen LogP contribution >= 0.6 is 11.6 Å². The molecule has 1 N–H and O–H groups in total. The van der Waals surface area contributed by atoms with Crippen molar-refractivity contribution in [3.63, 3.8) is 0 Å². The maximum absolute atomic E-state index is 12.1. The van der Waals surface area contributed by atoms with Gasteiger partial charge in [0, 0.05) is 12.1 Å². The third-order valence-electron chi connectivity index (χ3n) is 2.65. The van der Waals surface area contributed by atoms with Gasteiger partial charge in [-0.05, 0) is 25.1 Å². The highest BCUT2D eigenvalue weighted by molar-refractivity contribution is 6.30. The molecule has 98 valence electrons. The Morgan fingerprint density at radius 1 is 1.44 bits per heavy atom. The van der Waals surface area contributed by atoms with Gasteiger partial charge in [-0.3, -0.25) is 4.79 Å². The largest absolute Gasteiger partial charge is 0.496 e. The van der Waals surface area contributed by atoms with E-state index >= 15 is 0 Å². The Morgan fingerprint density at radius 3 is 2.56 bits per heavy atom. The number of carbonyl (C=O) groups excluding carboxylic acids is 1. The number of methoxy groups -OCH3 is 1. The standard InChI is InChI=1S/C12H14ClNO4/c1-7(12(16)17)14(2)11(15)9-5-4-8(13)6-10(9)18-3/h4-7H,1-3H3,(H,16,17). The smallest absolute Gasteiger partial charge is 0.326 e. The molecule has 1 atom stereocenters. The molecule has 0 aliphatic rings. The van der Waals surface area contributed by atoms with Crippen LogP contribution in [0.25, 0.3) is 0 Å². The van der Waals surface area contributed by atoms with Gasteiger partial charge in [-0.25, -0.2) is 4.79 Å². The van der Waals surface area contributed by atoms with Crippen LogP contribution in [0.1, 0.15) is 17.3 Å². The van der Waals surface area contributed by atoms with Crippen LogP contribution in [0.4, 0.5) is 0 Å². The van der Waals surface area contributed by atoms with Crippen molar-refractivity contribution >= 4 is 23.5 Å². The van der Waals surface area contributed by atoms with Crippen LogP contribution < -0.4 is 4.74 Å². The third kappa shape index (κ3) is 2.92. The van der Waals surface area contributed by atoms with Crippen molar-refractivity contribution < 1.29 is 19.4 Å². The SMILES string of the molecule is COc1cc(Cl)ccc1C(=O)N(C)C(C)C(=O)O. The second kappa shape index (κ2) is 5.73. The van der Waals surface area contributed by atoms with Crippen molar-refractivity contribution in [2.75, 3.05) is 14.2 Å². The van der Waals surface area contributed by atoms with Gasteiger partial charge in [-0.1, -0.05) is 11.6 Å². The number of hydrogen-bond donors (Lipinski definition) is 1. The van der Waals surface area contributed by atoms with Crippen LogP contribution in [-0.4, -0.2) is 42.1 Å². The van der Waals surface area contributed by atoms with E-state index in [1.54, 1.807) is 6.07 Å². The van der Waals surface area contributed by atoms with Crippen molar-refractivity contribution in [2.24, 2.45) is 0 Å². The molecule has 0 bridgehead atoms. The molecule has 0 aromatic heterocycles. The van der Waals surface area contributed by atoms with E-state index in [2.05, 4.69) is 0 Å². The molecular weight excluding hydrogens is 258 g/mol. The summed E-state index contributed by atoms with van der Waals surface area (Å²) >= 11 is 5.79. The number of carboxylic acid groups (broad SMARTS) is 1. The number of benzene rings is 1. The minimum absolute atomic E-state index is 0.275. The molecule has 0 aliphatic heterocycles. The summed E-state index contributed by atoms with van der Waals surface area (Å²) in [6.07, 6.45) is 0. The number of nitrogens with zero attached hydrogens (tertiary/aromatic N) is 1. The van der Waals surface area contributed by atoms with Gasteiger partial charge in [-0.2, -0.15) is 0 Å². The molecule has 1 aromatic carbocycles. The summed E-state index contributed by atoms with van der Waals surface area (Å²) < 4.78 is 5.06. The minimum atomic E-state index is -1.07. The van der Waals surface area contributed by atoms with Crippen molar-refractivity contribution in [3.05, 3.63) is 28.8 Å². The molecular formula is C12H14ClNO4. The van der Waals surface area contributed by atoms with E-state index in [1.807, 2.05) is 0 Å². The van der Waals surface area contributed by atoms with Gasteiger partial charge >= 0.3 is 5.97 Å². The number of halogens is 1. The average Bonchev–Trinajstić information content (AvgIpc) is 2.35. The molecule has 1 amide bonds. The second-order valence-corrected chi connectivity index (χ2v) is 4.21. The Labute approximate surface area is 110 Å². The fraction of sp³-hybridized carbons (Fsp3) is 0.333. The van der Waals surface area contributed by atoms with Gasteiger partial charge in [0.15, 0.2) is 0 Å². The summed E-state index contributed by atoms with van der Waals surface area (Å²) in [6, 6.07) is 3.65. The predicted octanol–water partition coefficient (Wildman–Crippen LogP) is 1.89.